The van der Waals surface area contributed by atoms with Gasteiger partial charge in [0.1, 0.15) is 0 Å². The van der Waals surface area contributed by atoms with Crippen LogP contribution in [0.3, 0.4) is 0 Å². The van der Waals surface area contributed by atoms with Gasteiger partial charge in [-0.25, -0.2) is 4.90 Å². The second-order valence-corrected chi connectivity index (χ2v) is 9.30. The van der Waals surface area contributed by atoms with Crippen LogP contribution in [0.1, 0.15) is 17.5 Å². The number of hydrogen-bond acceptors (Lipinski definition) is 4. The van der Waals surface area contributed by atoms with Gasteiger partial charge in [0.15, 0.2) is 0 Å². The topological polar surface area (TPSA) is 66.5 Å². The summed E-state index contributed by atoms with van der Waals surface area (Å²) in [6.07, 6.45) is 0.415. The van der Waals surface area contributed by atoms with Crippen molar-refractivity contribution in [1.29, 1.82) is 0 Å². The molecule has 5 nitrogen and oxygen atoms in total. The highest BCUT2D eigenvalue weighted by Crippen LogP contribution is 2.34. The summed E-state index contributed by atoms with van der Waals surface area (Å²) in [5.41, 5.74) is 3.22. The third-order valence-corrected chi connectivity index (χ3v) is 6.54. The first-order chi connectivity index (χ1) is 15.4. The molecule has 0 radical (unpaired) electrons. The van der Waals surface area contributed by atoms with E-state index >= 15 is 0 Å². The Labute approximate surface area is 195 Å². The maximum Gasteiger partial charge on any atom is 0.247 e. The van der Waals surface area contributed by atoms with E-state index in [1.165, 1.54) is 16.7 Å². The zero-order valence-corrected chi connectivity index (χ0v) is 19.0. The molecule has 3 aromatic carbocycles. The van der Waals surface area contributed by atoms with Gasteiger partial charge in [-0.05, 0) is 61.0 Å². The van der Waals surface area contributed by atoms with E-state index in [2.05, 4.69) is 5.32 Å². The second-order valence-electron chi connectivity index (χ2n) is 7.59. The van der Waals surface area contributed by atoms with E-state index in [0.29, 0.717) is 16.4 Å². The molecule has 4 rings (SSSR count). The van der Waals surface area contributed by atoms with E-state index in [4.69, 9.17) is 11.6 Å². The average molecular weight is 465 g/mol. The van der Waals surface area contributed by atoms with Crippen LogP contribution in [0, 0.1) is 6.92 Å². The zero-order chi connectivity index (χ0) is 22.7. The highest BCUT2D eigenvalue weighted by atomic mass is 35.5. The molecule has 1 N–H and O–H groups in total. The molecule has 0 bridgehead atoms. The predicted octanol–water partition coefficient (Wildman–Crippen LogP) is 5.25. The smallest absolute Gasteiger partial charge is 0.247 e. The number of rotatable bonds is 6. The molecule has 3 aromatic rings. The summed E-state index contributed by atoms with van der Waals surface area (Å²) in [4.78, 5) is 39.7. The minimum atomic E-state index is -0.464. The quantitative estimate of drug-likeness (QED) is 0.506. The van der Waals surface area contributed by atoms with E-state index in [1.54, 1.807) is 36.4 Å². The number of imide groups is 1. The number of carbonyl (C=O) groups is 3. The molecule has 162 valence electrons. The monoisotopic (exact) mass is 464 g/mol. The lowest BCUT2D eigenvalue weighted by molar-refractivity contribution is -0.121. The summed E-state index contributed by atoms with van der Waals surface area (Å²) in [6, 6.07) is 21.8. The lowest BCUT2D eigenvalue weighted by Crippen LogP contribution is -2.31. The van der Waals surface area contributed by atoms with E-state index in [-0.39, 0.29) is 30.6 Å². The number of thioether (sulfide) groups is 1. The summed E-state index contributed by atoms with van der Waals surface area (Å²) in [5.74, 6) is -0.523. The van der Waals surface area contributed by atoms with Gasteiger partial charge in [-0.2, -0.15) is 0 Å². The molecule has 1 fully saturated rings. The van der Waals surface area contributed by atoms with Crippen molar-refractivity contribution < 1.29 is 14.4 Å². The summed E-state index contributed by atoms with van der Waals surface area (Å²) in [6.45, 7) is 1.96. The molecule has 1 atom stereocenters. The van der Waals surface area contributed by atoms with Crippen LogP contribution in [-0.4, -0.2) is 23.0 Å². The van der Waals surface area contributed by atoms with Crippen LogP contribution in [0.4, 0.5) is 11.4 Å². The number of aryl methyl sites for hydroxylation is 1. The van der Waals surface area contributed by atoms with Gasteiger partial charge in [-0.1, -0.05) is 41.4 Å². The van der Waals surface area contributed by atoms with Crippen molar-refractivity contribution in [2.75, 3.05) is 10.2 Å². The minimum absolute atomic E-state index is 0.127. The first-order valence-corrected chi connectivity index (χ1v) is 11.4. The highest BCUT2D eigenvalue weighted by Gasteiger charge is 2.40. The molecular formula is C25H21ClN2O3S. The minimum Gasteiger partial charge on any atom is -0.326 e. The lowest BCUT2D eigenvalue weighted by Gasteiger charge is -2.15. The molecule has 7 heteroatoms. The van der Waals surface area contributed by atoms with Crippen molar-refractivity contribution in [2.24, 2.45) is 0 Å². The average Bonchev–Trinajstić information content (AvgIpc) is 3.05. The summed E-state index contributed by atoms with van der Waals surface area (Å²) < 4.78 is 0. The standard InChI is InChI=1S/C25H21ClN2O3S/c1-16-2-10-20(11-3-16)28-24(30)15-22(25(28)31)32-21-12-8-19(9-13-21)27-23(29)14-17-4-6-18(26)7-5-17/h2-13,22H,14-15H2,1H3,(H,27,29)/t22-/m0/s1. The number of nitrogens with one attached hydrogen (secondary N) is 1. The van der Waals surface area contributed by atoms with E-state index < -0.39 is 5.25 Å². The van der Waals surface area contributed by atoms with Crippen molar-refractivity contribution >= 4 is 52.5 Å². The molecule has 0 saturated carbocycles. The van der Waals surface area contributed by atoms with Crippen molar-refractivity contribution in [3.05, 3.63) is 88.9 Å². The Balaban J connectivity index is 1.35. The molecule has 0 aliphatic carbocycles. The Hall–Kier alpha value is -3.09. The van der Waals surface area contributed by atoms with Gasteiger partial charge in [0.2, 0.25) is 17.7 Å². The van der Waals surface area contributed by atoms with Crippen molar-refractivity contribution in [2.45, 2.75) is 29.9 Å². The number of halogens is 1. The third-order valence-electron chi connectivity index (χ3n) is 5.09. The van der Waals surface area contributed by atoms with Crippen molar-refractivity contribution in [3.63, 3.8) is 0 Å². The fourth-order valence-corrected chi connectivity index (χ4v) is 4.62. The molecule has 1 saturated heterocycles. The number of amides is 3. The fraction of sp³-hybridized carbons (Fsp3) is 0.160. The molecule has 3 amide bonds. The Morgan fingerprint density at radius 2 is 1.66 bits per heavy atom. The fourth-order valence-electron chi connectivity index (χ4n) is 3.44. The molecule has 1 aliphatic rings. The van der Waals surface area contributed by atoms with E-state index in [1.807, 2.05) is 43.3 Å². The summed E-state index contributed by atoms with van der Waals surface area (Å²) in [5, 5.41) is 3.03. The number of nitrogens with zero attached hydrogens (tertiary/aromatic N) is 1. The van der Waals surface area contributed by atoms with Crippen LogP contribution >= 0.6 is 23.4 Å². The summed E-state index contributed by atoms with van der Waals surface area (Å²) >= 11 is 7.23. The number of anilines is 2. The number of carbonyl (C=O) groups excluding carboxylic acids is 3. The molecule has 0 spiro atoms. The highest BCUT2D eigenvalue weighted by molar-refractivity contribution is 8.00. The van der Waals surface area contributed by atoms with Crippen LogP contribution in [0.2, 0.25) is 5.02 Å². The number of benzene rings is 3. The first-order valence-electron chi connectivity index (χ1n) is 10.1. The van der Waals surface area contributed by atoms with Crippen molar-refractivity contribution in [3.8, 4) is 0 Å². The lowest BCUT2D eigenvalue weighted by atomic mass is 10.1. The third kappa shape index (κ3) is 5.21. The Bertz CT molecular complexity index is 1150. The van der Waals surface area contributed by atoms with Gasteiger partial charge in [-0.3, -0.25) is 14.4 Å². The normalized spacial score (nSPS) is 15.8. The molecular weight excluding hydrogens is 444 g/mol. The van der Waals surface area contributed by atoms with Gasteiger partial charge in [0, 0.05) is 22.0 Å². The zero-order valence-electron chi connectivity index (χ0n) is 17.4. The van der Waals surface area contributed by atoms with E-state index in [9.17, 15) is 14.4 Å². The maximum absolute atomic E-state index is 12.8. The molecule has 0 unspecified atom stereocenters. The van der Waals surface area contributed by atoms with Crippen LogP contribution in [0.25, 0.3) is 0 Å². The van der Waals surface area contributed by atoms with Gasteiger partial charge in [-0.15, -0.1) is 11.8 Å². The van der Waals surface area contributed by atoms with Crippen LogP contribution in [0.15, 0.2) is 77.7 Å². The van der Waals surface area contributed by atoms with Crippen molar-refractivity contribution in [1.82, 2.24) is 0 Å². The SMILES string of the molecule is Cc1ccc(N2C(=O)C[C@H](Sc3ccc(NC(=O)Cc4ccc(Cl)cc4)cc3)C2=O)cc1. The number of hydrogen-bond donors (Lipinski definition) is 1. The predicted molar refractivity (Wildman–Crippen MR) is 128 cm³/mol. The van der Waals surface area contributed by atoms with Gasteiger partial charge >= 0.3 is 0 Å². The summed E-state index contributed by atoms with van der Waals surface area (Å²) in [7, 11) is 0. The van der Waals surface area contributed by atoms with Crippen LogP contribution in [0.5, 0.6) is 0 Å². The Morgan fingerprint density at radius 1 is 1.00 bits per heavy atom. The largest absolute Gasteiger partial charge is 0.326 e. The molecule has 1 aliphatic heterocycles. The molecule has 32 heavy (non-hydrogen) atoms. The maximum atomic E-state index is 12.8. The molecule has 0 aromatic heterocycles. The van der Waals surface area contributed by atoms with Crippen LogP contribution < -0.4 is 10.2 Å². The van der Waals surface area contributed by atoms with Gasteiger partial charge in [0.05, 0.1) is 17.4 Å². The van der Waals surface area contributed by atoms with Gasteiger partial charge < -0.3 is 5.32 Å². The first kappa shape index (κ1) is 22.1. The van der Waals surface area contributed by atoms with E-state index in [0.717, 1.165) is 16.0 Å². The molecule has 1 heterocycles. The second kappa shape index (κ2) is 9.59. The Morgan fingerprint density at radius 3 is 2.31 bits per heavy atom. The Kier molecular flexibility index (Phi) is 6.63. The van der Waals surface area contributed by atoms with Crippen LogP contribution in [-0.2, 0) is 20.8 Å². The van der Waals surface area contributed by atoms with Gasteiger partial charge in [0.25, 0.3) is 0 Å².